The summed E-state index contributed by atoms with van der Waals surface area (Å²) in [4.78, 5) is 13.5. The van der Waals surface area contributed by atoms with Gasteiger partial charge in [-0.15, -0.1) is 12.4 Å². The molecule has 0 heterocycles. The SMILES string of the molecule is Cl.[2H]C([2H])([2H])N([C@H]1C=CCC[C@@]1(C(=O)OCC)c1ccccc1)C([2H])([2H])[2H]. The predicted octanol–water partition coefficient (Wildman–Crippen LogP) is 3.19. The lowest BCUT2D eigenvalue weighted by Gasteiger charge is -2.42. The van der Waals surface area contributed by atoms with Gasteiger partial charge in [-0.2, -0.15) is 0 Å². The fourth-order valence-electron chi connectivity index (χ4n) is 2.81. The van der Waals surface area contributed by atoms with E-state index >= 15 is 0 Å². The minimum Gasteiger partial charge on any atom is -0.465 e. The molecule has 0 bridgehead atoms. The predicted molar refractivity (Wildman–Crippen MR) is 87.9 cm³/mol. The summed E-state index contributed by atoms with van der Waals surface area (Å²) in [5, 5.41) is 0. The third-order valence-electron chi connectivity index (χ3n) is 3.74. The van der Waals surface area contributed by atoms with Crippen LogP contribution in [0.25, 0.3) is 0 Å². The van der Waals surface area contributed by atoms with Crippen LogP contribution in [0.2, 0.25) is 0 Å². The maximum atomic E-state index is 13.0. The smallest absolute Gasteiger partial charge is 0.318 e. The number of halogens is 1. The molecule has 4 heteroatoms. The Morgan fingerprint density at radius 3 is 2.76 bits per heavy atom. The van der Waals surface area contributed by atoms with Crippen LogP contribution in [-0.2, 0) is 14.9 Å². The van der Waals surface area contributed by atoms with Crippen LogP contribution in [0.3, 0.4) is 0 Å². The van der Waals surface area contributed by atoms with Crippen molar-refractivity contribution < 1.29 is 17.8 Å². The van der Waals surface area contributed by atoms with Crippen LogP contribution in [-0.4, -0.2) is 37.5 Å². The maximum Gasteiger partial charge on any atom is 0.318 e. The molecule has 0 radical (unpaired) electrons. The van der Waals surface area contributed by atoms with Crippen LogP contribution in [0.15, 0.2) is 42.5 Å². The van der Waals surface area contributed by atoms with E-state index in [9.17, 15) is 4.79 Å². The largest absolute Gasteiger partial charge is 0.465 e. The Labute approximate surface area is 141 Å². The van der Waals surface area contributed by atoms with Crippen LogP contribution in [0, 0.1) is 0 Å². The van der Waals surface area contributed by atoms with Gasteiger partial charge in [-0.25, -0.2) is 0 Å². The molecular formula is C17H24ClNO2. The highest BCUT2D eigenvalue weighted by molar-refractivity contribution is 5.85. The topological polar surface area (TPSA) is 29.5 Å². The van der Waals surface area contributed by atoms with Crippen molar-refractivity contribution in [2.45, 2.75) is 31.2 Å². The average Bonchev–Trinajstić information content (AvgIpc) is 2.54. The molecule has 0 saturated heterocycles. The van der Waals surface area contributed by atoms with Crippen molar-refractivity contribution in [2.24, 2.45) is 0 Å². The van der Waals surface area contributed by atoms with Crippen molar-refractivity contribution >= 4 is 18.4 Å². The minimum atomic E-state index is -2.91. The molecule has 0 unspecified atom stereocenters. The molecule has 0 aliphatic heterocycles. The number of ether oxygens (including phenoxy) is 1. The summed E-state index contributed by atoms with van der Waals surface area (Å²) in [7, 11) is 0. The normalized spacial score (nSPS) is 29.9. The highest BCUT2D eigenvalue weighted by Gasteiger charge is 2.49. The van der Waals surface area contributed by atoms with E-state index in [0.29, 0.717) is 16.9 Å². The van der Waals surface area contributed by atoms with Crippen molar-refractivity contribution in [1.29, 1.82) is 0 Å². The molecule has 1 aliphatic carbocycles. The standard InChI is InChI=1S/C17H23NO2.ClH/c1-4-20-16(19)17(14-10-6-5-7-11-14)13-9-8-12-15(17)18(2)3;/h5-8,10-12,15H,4,9,13H2,1-3H3;1H/t15-,17+;/m0./s1/i2D3,3D3;. The summed E-state index contributed by atoms with van der Waals surface area (Å²) >= 11 is 0. The van der Waals surface area contributed by atoms with Gasteiger partial charge in [0.1, 0.15) is 5.41 Å². The molecule has 0 saturated carbocycles. The van der Waals surface area contributed by atoms with Crippen LogP contribution in [0.4, 0.5) is 0 Å². The maximum absolute atomic E-state index is 13.0. The molecule has 1 aromatic carbocycles. The quantitative estimate of drug-likeness (QED) is 0.631. The summed E-state index contributed by atoms with van der Waals surface area (Å²) in [6, 6.07) is 7.49. The molecule has 21 heavy (non-hydrogen) atoms. The molecule has 0 fully saturated rings. The lowest BCUT2D eigenvalue weighted by atomic mass is 9.68. The third kappa shape index (κ3) is 3.30. The van der Waals surface area contributed by atoms with E-state index in [-0.39, 0.29) is 25.4 Å². The Balaban J connectivity index is 0.00000364. The van der Waals surface area contributed by atoms with Crippen LogP contribution >= 0.6 is 12.4 Å². The Bertz CT molecular complexity index is 648. The molecule has 1 aliphatic rings. The molecular weight excluding hydrogens is 286 g/mol. The molecule has 2 atom stereocenters. The van der Waals surface area contributed by atoms with Gasteiger partial charge in [-0.05, 0) is 39.3 Å². The van der Waals surface area contributed by atoms with Crippen molar-refractivity contribution in [2.75, 3.05) is 20.6 Å². The molecule has 1 aromatic rings. The molecule has 3 nitrogen and oxygen atoms in total. The Hall–Kier alpha value is -1.32. The first-order valence-corrected chi connectivity index (χ1v) is 6.74. The first-order valence-electron chi connectivity index (χ1n) is 9.74. The van der Waals surface area contributed by atoms with E-state index in [1.54, 1.807) is 43.3 Å². The highest BCUT2D eigenvalue weighted by atomic mass is 35.5. The molecule has 0 aromatic heterocycles. The summed E-state index contributed by atoms with van der Waals surface area (Å²) in [5.74, 6) is -0.612. The van der Waals surface area contributed by atoms with Gasteiger partial charge < -0.3 is 9.64 Å². The summed E-state index contributed by atoms with van der Waals surface area (Å²) in [5.41, 5.74) is -0.860. The summed E-state index contributed by atoms with van der Waals surface area (Å²) < 4.78 is 51.9. The molecule has 0 amide bonds. The van der Waals surface area contributed by atoms with E-state index in [0.717, 1.165) is 0 Å². The van der Waals surface area contributed by atoms with E-state index in [1.807, 2.05) is 0 Å². The average molecular weight is 316 g/mol. The fraction of sp³-hybridized carbons (Fsp3) is 0.471. The number of carbonyl (C=O) groups is 1. The second-order valence-electron chi connectivity index (χ2n) is 4.84. The second kappa shape index (κ2) is 7.62. The van der Waals surface area contributed by atoms with Gasteiger partial charge in [-0.1, -0.05) is 42.5 Å². The van der Waals surface area contributed by atoms with E-state index < -0.39 is 31.4 Å². The lowest BCUT2D eigenvalue weighted by molar-refractivity contribution is -0.152. The summed E-state index contributed by atoms with van der Waals surface area (Å²) in [6.07, 6.45) is 4.00. The number of hydrogen-bond acceptors (Lipinski definition) is 3. The molecule has 116 valence electrons. The molecule has 0 spiro atoms. The zero-order valence-corrected chi connectivity index (χ0v) is 12.7. The van der Waals surface area contributed by atoms with Gasteiger partial charge in [0.2, 0.25) is 0 Å². The number of rotatable bonds is 4. The van der Waals surface area contributed by atoms with Crippen molar-refractivity contribution in [1.82, 2.24) is 4.90 Å². The first kappa shape index (κ1) is 10.4. The van der Waals surface area contributed by atoms with Crippen molar-refractivity contribution in [3.05, 3.63) is 48.0 Å². The second-order valence-corrected chi connectivity index (χ2v) is 4.84. The van der Waals surface area contributed by atoms with E-state index in [2.05, 4.69) is 0 Å². The van der Waals surface area contributed by atoms with Gasteiger partial charge in [0.05, 0.1) is 6.61 Å². The fourth-order valence-corrected chi connectivity index (χ4v) is 2.81. The van der Waals surface area contributed by atoms with E-state index in [1.165, 1.54) is 6.08 Å². The number of likely N-dealkylation sites (N-methyl/N-ethyl adjacent to an activating group) is 1. The number of hydrogen-bond donors (Lipinski definition) is 0. The van der Waals surface area contributed by atoms with Crippen molar-refractivity contribution in [3.8, 4) is 0 Å². The Morgan fingerprint density at radius 2 is 2.14 bits per heavy atom. The number of nitrogens with zero attached hydrogens (tertiary/aromatic N) is 1. The van der Waals surface area contributed by atoms with Gasteiger partial charge in [0.15, 0.2) is 0 Å². The first-order chi connectivity index (χ1) is 12.0. The number of allylic oxidation sites excluding steroid dienone is 1. The monoisotopic (exact) mass is 315 g/mol. The molecule has 2 rings (SSSR count). The number of carbonyl (C=O) groups excluding carboxylic acids is 1. The third-order valence-corrected chi connectivity index (χ3v) is 3.74. The summed E-state index contributed by atoms with van der Waals surface area (Å²) in [6.45, 7) is -4.05. The Morgan fingerprint density at radius 1 is 1.43 bits per heavy atom. The Kier molecular flexibility index (Phi) is 3.78. The molecule has 0 N–H and O–H groups in total. The highest BCUT2D eigenvalue weighted by Crippen LogP contribution is 2.40. The number of benzene rings is 1. The van der Waals surface area contributed by atoms with Crippen LogP contribution in [0.5, 0.6) is 0 Å². The van der Waals surface area contributed by atoms with Gasteiger partial charge >= 0.3 is 5.97 Å². The van der Waals surface area contributed by atoms with E-state index in [4.69, 9.17) is 13.0 Å². The van der Waals surface area contributed by atoms with Crippen molar-refractivity contribution in [3.63, 3.8) is 0 Å². The van der Waals surface area contributed by atoms with Crippen LogP contribution < -0.4 is 0 Å². The number of esters is 1. The lowest BCUT2D eigenvalue weighted by Crippen LogP contribution is -2.54. The van der Waals surface area contributed by atoms with Gasteiger partial charge in [0, 0.05) is 14.3 Å². The van der Waals surface area contributed by atoms with Gasteiger partial charge in [-0.3, -0.25) is 4.79 Å². The zero-order chi connectivity index (χ0) is 19.6. The van der Waals surface area contributed by atoms with Crippen LogP contribution in [0.1, 0.15) is 33.6 Å². The van der Waals surface area contributed by atoms with Gasteiger partial charge in [0.25, 0.3) is 0 Å². The zero-order valence-electron chi connectivity index (χ0n) is 17.9. The minimum absolute atomic E-state index is 0.